The fourth-order valence-electron chi connectivity index (χ4n) is 6.65. The molecule has 0 spiro atoms. The van der Waals surface area contributed by atoms with Crippen molar-refractivity contribution in [2.24, 2.45) is 0 Å². The van der Waals surface area contributed by atoms with E-state index in [1.165, 1.54) is 135 Å². The molecule has 1 aliphatic heterocycles. The van der Waals surface area contributed by atoms with E-state index in [-0.39, 0.29) is 5.91 Å². The van der Waals surface area contributed by atoms with Crippen molar-refractivity contribution in [1.29, 1.82) is 0 Å². The number of unbranched alkanes of at least 4 members (excludes halogenated alkanes) is 25. The summed E-state index contributed by atoms with van der Waals surface area (Å²) in [7, 11) is 0. The van der Waals surface area contributed by atoms with Crippen molar-refractivity contribution in [3.8, 4) is 0 Å². The molecule has 4 N–H and O–H groups in total. The van der Waals surface area contributed by atoms with E-state index in [0.29, 0.717) is 13.0 Å². The monoisotopic (exact) mass is 642 g/mol. The standard InChI is InChI=1S/C38H75NO6/c1-3-5-7-9-11-13-15-17-18-19-20-22-24-26-28-30-34(41)39(38-37(44)36(43)35(42)33(32-40)45-38)31-29-27-25-23-21-16-14-12-10-8-6-4-2/h33,35-38,40,42-44H,3-32H2,1-2H3/t33-,35+,36+,37-,38-/m1/s1. The highest BCUT2D eigenvalue weighted by Gasteiger charge is 2.46. The maximum atomic E-state index is 13.4. The molecule has 0 aliphatic carbocycles. The molecule has 5 atom stereocenters. The topological polar surface area (TPSA) is 110 Å². The third-order valence-corrected chi connectivity index (χ3v) is 9.74. The molecule has 45 heavy (non-hydrogen) atoms. The molecule has 1 amide bonds. The third-order valence-electron chi connectivity index (χ3n) is 9.74. The Morgan fingerprint density at radius 3 is 1.24 bits per heavy atom. The number of rotatable bonds is 31. The maximum Gasteiger partial charge on any atom is 0.224 e. The molecule has 7 nitrogen and oxygen atoms in total. The lowest BCUT2D eigenvalue weighted by Gasteiger charge is -2.44. The van der Waals surface area contributed by atoms with Crippen LogP contribution < -0.4 is 0 Å². The SMILES string of the molecule is CCCCCCCCCCCCCCCCCC(=O)N(CCCCCCCCCCCCCC)[C@@H]1O[C@H](CO)[C@H](O)[C@H](O)[C@H]1O. The molecule has 1 heterocycles. The van der Waals surface area contributed by atoms with Gasteiger partial charge in [-0.2, -0.15) is 0 Å². The van der Waals surface area contributed by atoms with Gasteiger partial charge in [0.25, 0.3) is 0 Å². The average Bonchev–Trinajstić information content (AvgIpc) is 3.04. The zero-order chi connectivity index (χ0) is 33.0. The Labute approximate surface area is 277 Å². The van der Waals surface area contributed by atoms with Gasteiger partial charge in [0.15, 0.2) is 6.23 Å². The van der Waals surface area contributed by atoms with Gasteiger partial charge in [-0.25, -0.2) is 0 Å². The summed E-state index contributed by atoms with van der Waals surface area (Å²) in [6.07, 6.45) is 27.7. The molecule has 0 bridgehead atoms. The van der Waals surface area contributed by atoms with Crippen molar-refractivity contribution in [1.82, 2.24) is 4.90 Å². The molecule has 0 aromatic carbocycles. The number of carbonyl (C=O) groups excluding carboxylic acids is 1. The van der Waals surface area contributed by atoms with Crippen LogP contribution in [0.1, 0.15) is 194 Å². The van der Waals surface area contributed by atoms with Gasteiger partial charge in [-0.1, -0.05) is 174 Å². The summed E-state index contributed by atoms with van der Waals surface area (Å²) in [6.45, 7) is 4.47. The van der Waals surface area contributed by atoms with E-state index in [4.69, 9.17) is 4.74 Å². The minimum atomic E-state index is -1.47. The predicted octanol–water partition coefficient (Wildman–Crippen LogP) is 8.58. The van der Waals surface area contributed by atoms with Gasteiger partial charge < -0.3 is 30.1 Å². The second-order valence-corrected chi connectivity index (χ2v) is 13.9. The lowest BCUT2D eigenvalue weighted by atomic mass is 9.97. The zero-order valence-electron chi connectivity index (χ0n) is 29.7. The Morgan fingerprint density at radius 2 is 0.867 bits per heavy atom. The summed E-state index contributed by atoms with van der Waals surface area (Å²) in [5.41, 5.74) is 0. The number of aliphatic hydroxyl groups excluding tert-OH is 4. The molecule has 0 radical (unpaired) electrons. The minimum absolute atomic E-state index is 0.0860. The van der Waals surface area contributed by atoms with Crippen LogP contribution in [0.4, 0.5) is 0 Å². The number of hydrogen-bond donors (Lipinski definition) is 4. The van der Waals surface area contributed by atoms with Gasteiger partial charge in [-0.3, -0.25) is 4.79 Å². The van der Waals surface area contributed by atoms with E-state index >= 15 is 0 Å². The summed E-state index contributed by atoms with van der Waals surface area (Å²) in [4.78, 5) is 14.9. The summed E-state index contributed by atoms with van der Waals surface area (Å²) < 4.78 is 5.80. The highest BCUT2D eigenvalue weighted by Crippen LogP contribution is 2.25. The van der Waals surface area contributed by atoms with Crippen LogP contribution in [-0.2, 0) is 9.53 Å². The van der Waals surface area contributed by atoms with Crippen molar-refractivity contribution in [3.05, 3.63) is 0 Å². The normalized spacial score (nSPS) is 21.8. The Morgan fingerprint density at radius 1 is 0.511 bits per heavy atom. The van der Waals surface area contributed by atoms with Crippen molar-refractivity contribution in [3.63, 3.8) is 0 Å². The molecule has 1 rings (SSSR count). The van der Waals surface area contributed by atoms with Crippen molar-refractivity contribution in [2.45, 2.75) is 224 Å². The number of carbonyl (C=O) groups is 1. The number of ether oxygens (including phenoxy) is 1. The Hall–Kier alpha value is -0.730. The van der Waals surface area contributed by atoms with Gasteiger partial charge in [0.1, 0.15) is 24.4 Å². The van der Waals surface area contributed by atoms with Gasteiger partial charge >= 0.3 is 0 Å². The zero-order valence-corrected chi connectivity index (χ0v) is 29.7. The molecule has 7 heteroatoms. The molecule has 268 valence electrons. The van der Waals surface area contributed by atoms with Crippen molar-refractivity contribution >= 4 is 5.91 Å². The summed E-state index contributed by atoms with van der Waals surface area (Å²) in [5.74, 6) is -0.0860. The first-order valence-corrected chi connectivity index (χ1v) is 19.6. The molecule has 1 fully saturated rings. The Kier molecular flexibility index (Phi) is 27.6. The lowest BCUT2D eigenvalue weighted by molar-refractivity contribution is -0.262. The fourth-order valence-corrected chi connectivity index (χ4v) is 6.65. The second kappa shape index (κ2) is 29.4. The van der Waals surface area contributed by atoms with Gasteiger partial charge in [0.2, 0.25) is 5.91 Å². The lowest BCUT2D eigenvalue weighted by Crippen LogP contribution is -2.64. The molecule has 0 aromatic rings. The third kappa shape index (κ3) is 20.3. The van der Waals surface area contributed by atoms with Crippen LogP contribution in [0.25, 0.3) is 0 Å². The van der Waals surface area contributed by atoms with Gasteiger partial charge in [0.05, 0.1) is 6.61 Å². The number of nitrogens with zero attached hydrogens (tertiary/aromatic N) is 1. The molecule has 0 unspecified atom stereocenters. The molecule has 0 aromatic heterocycles. The summed E-state index contributed by atoms with van der Waals surface area (Å²) in [5, 5.41) is 41.0. The predicted molar refractivity (Wildman–Crippen MR) is 186 cm³/mol. The first kappa shape index (κ1) is 42.3. The van der Waals surface area contributed by atoms with Crippen LogP contribution in [0, 0.1) is 0 Å². The number of amides is 1. The quantitative estimate of drug-likeness (QED) is 0.0565. The highest BCUT2D eigenvalue weighted by atomic mass is 16.6. The fraction of sp³-hybridized carbons (Fsp3) is 0.974. The van der Waals surface area contributed by atoms with Crippen LogP contribution in [0.3, 0.4) is 0 Å². The molecule has 0 saturated carbocycles. The molecule has 1 saturated heterocycles. The van der Waals surface area contributed by atoms with E-state index in [0.717, 1.165) is 38.5 Å². The smallest absolute Gasteiger partial charge is 0.224 e. The Balaban J connectivity index is 2.32. The van der Waals surface area contributed by atoms with E-state index in [2.05, 4.69) is 13.8 Å². The van der Waals surface area contributed by atoms with E-state index < -0.39 is 37.3 Å². The summed E-state index contributed by atoms with van der Waals surface area (Å²) >= 11 is 0. The second-order valence-electron chi connectivity index (χ2n) is 13.9. The Bertz CT molecular complexity index is 662. The number of aliphatic hydroxyl groups is 4. The summed E-state index contributed by atoms with van der Waals surface area (Å²) in [6, 6.07) is 0. The van der Waals surface area contributed by atoms with Gasteiger partial charge in [0, 0.05) is 13.0 Å². The van der Waals surface area contributed by atoms with E-state index in [9.17, 15) is 25.2 Å². The minimum Gasteiger partial charge on any atom is -0.394 e. The first-order chi connectivity index (χ1) is 22.0. The van der Waals surface area contributed by atoms with Crippen LogP contribution in [0.2, 0.25) is 0 Å². The maximum absolute atomic E-state index is 13.4. The largest absolute Gasteiger partial charge is 0.394 e. The van der Waals surface area contributed by atoms with Crippen LogP contribution in [-0.4, -0.2) is 75.0 Å². The highest BCUT2D eigenvalue weighted by molar-refractivity contribution is 5.76. The average molecular weight is 642 g/mol. The van der Waals surface area contributed by atoms with Gasteiger partial charge in [-0.05, 0) is 12.8 Å². The van der Waals surface area contributed by atoms with Gasteiger partial charge in [-0.15, -0.1) is 0 Å². The van der Waals surface area contributed by atoms with Crippen LogP contribution in [0.5, 0.6) is 0 Å². The van der Waals surface area contributed by atoms with E-state index in [1.54, 1.807) is 4.90 Å². The molecule has 1 aliphatic rings. The molecular formula is C38H75NO6. The van der Waals surface area contributed by atoms with Crippen LogP contribution >= 0.6 is 0 Å². The van der Waals surface area contributed by atoms with E-state index in [1.807, 2.05) is 0 Å². The van der Waals surface area contributed by atoms with Crippen molar-refractivity contribution < 1.29 is 30.0 Å². The number of hydrogen-bond acceptors (Lipinski definition) is 6. The van der Waals surface area contributed by atoms with Crippen LogP contribution in [0.15, 0.2) is 0 Å². The molecular weight excluding hydrogens is 566 g/mol. The first-order valence-electron chi connectivity index (χ1n) is 19.6. The van der Waals surface area contributed by atoms with Crippen molar-refractivity contribution in [2.75, 3.05) is 13.2 Å².